The van der Waals surface area contributed by atoms with E-state index >= 15 is 0 Å². The minimum atomic E-state index is -2.57. The first-order valence-corrected chi connectivity index (χ1v) is 6.77. The number of nitrogen functional groups attached to an aromatic ring is 1. The molecule has 1 saturated carbocycles. The van der Waals surface area contributed by atoms with Crippen LogP contribution in [0.2, 0.25) is 0 Å². The summed E-state index contributed by atoms with van der Waals surface area (Å²) in [5.74, 6) is 0.0284. The van der Waals surface area contributed by atoms with E-state index < -0.39 is 6.43 Å². The summed E-state index contributed by atoms with van der Waals surface area (Å²) in [7, 11) is 0. The van der Waals surface area contributed by atoms with Gasteiger partial charge in [-0.3, -0.25) is 4.79 Å². The molecule has 0 atom stereocenters. The van der Waals surface area contributed by atoms with Crippen molar-refractivity contribution in [3.05, 3.63) is 23.8 Å². The third-order valence-corrected chi connectivity index (χ3v) is 3.15. The average molecular weight is 283 g/mol. The van der Waals surface area contributed by atoms with Crippen molar-refractivity contribution in [2.24, 2.45) is 0 Å². The molecule has 1 aromatic rings. The summed E-state index contributed by atoms with van der Waals surface area (Å²) in [4.78, 5) is 11.4. The van der Waals surface area contributed by atoms with Gasteiger partial charge in [-0.1, -0.05) is 0 Å². The Hall–Kier alpha value is -1.85. The molecule has 1 aliphatic rings. The molecular weight excluding hydrogens is 264 g/mol. The Morgan fingerprint density at radius 1 is 1.40 bits per heavy atom. The van der Waals surface area contributed by atoms with Crippen LogP contribution in [0.5, 0.6) is 0 Å². The van der Waals surface area contributed by atoms with Crippen molar-refractivity contribution in [1.82, 2.24) is 5.32 Å². The molecule has 0 aromatic heterocycles. The number of hydrogen-bond acceptors (Lipinski definition) is 3. The first-order valence-electron chi connectivity index (χ1n) is 6.77. The fourth-order valence-electron chi connectivity index (χ4n) is 1.92. The van der Waals surface area contributed by atoms with Gasteiger partial charge in [0.25, 0.3) is 6.43 Å². The van der Waals surface area contributed by atoms with Crippen molar-refractivity contribution >= 4 is 17.3 Å². The minimum absolute atomic E-state index is 0.0284. The standard InChI is InChI=1S/C14H19F2N3O/c15-14(16)11-8-9(17)3-6-12(11)18-7-1-2-13(20)19-10-4-5-10/h3,6,8,10,14,18H,1-2,4-5,7,17H2,(H,19,20). The fourth-order valence-corrected chi connectivity index (χ4v) is 1.92. The Balaban J connectivity index is 1.76. The summed E-state index contributed by atoms with van der Waals surface area (Å²) in [6.45, 7) is 0.474. The number of anilines is 2. The highest BCUT2D eigenvalue weighted by molar-refractivity contribution is 5.76. The van der Waals surface area contributed by atoms with Crippen LogP contribution < -0.4 is 16.4 Å². The molecule has 0 aliphatic heterocycles. The Bertz CT molecular complexity index is 475. The third-order valence-electron chi connectivity index (χ3n) is 3.15. The van der Waals surface area contributed by atoms with E-state index in [0.29, 0.717) is 36.8 Å². The van der Waals surface area contributed by atoms with Gasteiger partial charge < -0.3 is 16.4 Å². The van der Waals surface area contributed by atoms with Gasteiger partial charge in [0.1, 0.15) is 0 Å². The molecule has 0 unspecified atom stereocenters. The third kappa shape index (κ3) is 4.36. The van der Waals surface area contributed by atoms with Crippen LogP contribution in [-0.4, -0.2) is 18.5 Å². The summed E-state index contributed by atoms with van der Waals surface area (Å²) in [6, 6.07) is 4.75. The van der Waals surface area contributed by atoms with Crippen LogP contribution in [0.4, 0.5) is 20.2 Å². The zero-order valence-corrected chi connectivity index (χ0v) is 11.2. The van der Waals surface area contributed by atoms with E-state index in [-0.39, 0.29) is 11.5 Å². The van der Waals surface area contributed by atoms with Crippen molar-refractivity contribution in [3.63, 3.8) is 0 Å². The normalized spacial score (nSPS) is 14.3. The maximum absolute atomic E-state index is 12.8. The molecule has 0 heterocycles. The summed E-state index contributed by atoms with van der Waals surface area (Å²) in [5, 5.41) is 5.82. The van der Waals surface area contributed by atoms with E-state index in [2.05, 4.69) is 10.6 Å². The van der Waals surface area contributed by atoms with Gasteiger partial charge in [0.15, 0.2) is 0 Å². The number of carbonyl (C=O) groups excluding carboxylic acids is 1. The largest absolute Gasteiger partial charge is 0.399 e. The van der Waals surface area contributed by atoms with Gasteiger partial charge in [0, 0.05) is 35.9 Å². The van der Waals surface area contributed by atoms with Crippen LogP contribution in [0, 0.1) is 0 Å². The van der Waals surface area contributed by atoms with E-state index in [4.69, 9.17) is 5.73 Å². The highest BCUT2D eigenvalue weighted by Crippen LogP contribution is 2.28. The molecule has 1 aromatic carbocycles. The quantitative estimate of drug-likeness (QED) is 0.532. The van der Waals surface area contributed by atoms with Crippen LogP contribution in [0.1, 0.15) is 37.7 Å². The second-order valence-corrected chi connectivity index (χ2v) is 5.02. The Morgan fingerprint density at radius 2 is 2.15 bits per heavy atom. The Labute approximate surface area is 116 Å². The Kier molecular flexibility index (Phi) is 4.76. The predicted octanol–water partition coefficient (Wildman–Crippen LogP) is 2.68. The van der Waals surface area contributed by atoms with E-state index in [1.54, 1.807) is 12.1 Å². The first-order chi connectivity index (χ1) is 9.56. The van der Waals surface area contributed by atoms with Crippen molar-refractivity contribution < 1.29 is 13.6 Å². The molecule has 1 aliphatic carbocycles. The SMILES string of the molecule is Nc1ccc(NCCCC(=O)NC2CC2)c(C(F)F)c1. The number of amides is 1. The lowest BCUT2D eigenvalue weighted by molar-refractivity contribution is -0.121. The molecule has 6 heteroatoms. The molecule has 110 valence electrons. The van der Waals surface area contributed by atoms with Crippen molar-refractivity contribution in [2.75, 3.05) is 17.6 Å². The lowest BCUT2D eigenvalue weighted by Crippen LogP contribution is -2.25. The van der Waals surface area contributed by atoms with Gasteiger partial charge in [-0.15, -0.1) is 0 Å². The summed E-state index contributed by atoms with van der Waals surface area (Å²) in [5.41, 5.74) is 6.08. The van der Waals surface area contributed by atoms with Crippen molar-refractivity contribution in [3.8, 4) is 0 Å². The first kappa shape index (κ1) is 14.6. The predicted molar refractivity (Wildman–Crippen MR) is 74.7 cm³/mol. The minimum Gasteiger partial charge on any atom is -0.399 e. The van der Waals surface area contributed by atoms with Crippen molar-refractivity contribution in [1.29, 1.82) is 0 Å². The van der Waals surface area contributed by atoms with E-state index in [0.717, 1.165) is 12.8 Å². The molecule has 0 bridgehead atoms. The molecule has 0 saturated heterocycles. The lowest BCUT2D eigenvalue weighted by Gasteiger charge is -2.12. The van der Waals surface area contributed by atoms with Gasteiger partial charge in [0.2, 0.25) is 5.91 Å². The second kappa shape index (κ2) is 6.54. The number of carbonyl (C=O) groups is 1. The highest BCUT2D eigenvalue weighted by Gasteiger charge is 2.22. The molecule has 2 rings (SSSR count). The number of nitrogens with two attached hydrogens (primary N) is 1. The molecule has 0 spiro atoms. The van der Waals surface area contributed by atoms with Crippen LogP contribution in [-0.2, 0) is 4.79 Å². The molecule has 4 N–H and O–H groups in total. The van der Waals surface area contributed by atoms with Crippen LogP contribution in [0.15, 0.2) is 18.2 Å². The van der Waals surface area contributed by atoms with Gasteiger partial charge in [-0.25, -0.2) is 8.78 Å². The van der Waals surface area contributed by atoms with E-state index in [1.165, 1.54) is 6.07 Å². The maximum atomic E-state index is 12.8. The molecule has 1 amide bonds. The van der Waals surface area contributed by atoms with E-state index in [9.17, 15) is 13.6 Å². The number of nitrogens with one attached hydrogen (secondary N) is 2. The number of benzene rings is 1. The Morgan fingerprint density at radius 3 is 2.80 bits per heavy atom. The van der Waals surface area contributed by atoms with Gasteiger partial charge in [-0.05, 0) is 37.5 Å². The van der Waals surface area contributed by atoms with Gasteiger partial charge in [-0.2, -0.15) is 0 Å². The number of rotatable bonds is 7. The van der Waals surface area contributed by atoms with Crippen LogP contribution in [0.25, 0.3) is 0 Å². The van der Waals surface area contributed by atoms with Crippen LogP contribution >= 0.6 is 0 Å². The maximum Gasteiger partial charge on any atom is 0.265 e. The molecule has 4 nitrogen and oxygen atoms in total. The molecular formula is C14H19F2N3O. The number of halogens is 2. The summed E-state index contributed by atoms with van der Waals surface area (Å²) >= 11 is 0. The molecule has 1 fully saturated rings. The monoisotopic (exact) mass is 283 g/mol. The summed E-state index contributed by atoms with van der Waals surface area (Å²) < 4.78 is 25.7. The highest BCUT2D eigenvalue weighted by atomic mass is 19.3. The fraction of sp³-hybridized carbons (Fsp3) is 0.500. The van der Waals surface area contributed by atoms with E-state index in [1.807, 2.05) is 0 Å². The molecule has 20 heavy (non-hydrogen) atoms. The topological polar surface area (TPSA) is 67.1 Å². The van der Waals surface area contributed by atoms with Gasteiger partial charge in [0.05, 0.1) is 0 Å². The number of alkyl halides is 2. The lowest BCUT2D eigenvalue weighted by atomic mass is 10.1. The number of hydrogen-bond donors (Lipinski definition) is 3. The average Bonchev–Trinajstić information content (AvgIpc) is 3.19. The second-order valence-electron chi connectivity index (χ2n) is 5.02. The smallest absolute Gasteiger partial charge is 0.265 e. The van der Waals surface area contributed by atoms with Crippen LogP contribution in [0.3, 0.4) is 0 Å². The summed E-state index contributed by atoms with van der Waals surface area (Å²) in [6.07, 6.45) is 0.563. The van der Waals surface area contributed by atoms with Gasteiger partial charge >= 0.3 is 0 Å². The molecule has 0 radical (unpaired) electrons. The zero-order valence-electron chi connectivity index (χ0n) is 11.2. The zero-order chi connectivity index (χ0) is 14.5. The van der Waals surface area contributed by atoms with Crippen molar-refractivity contribution in [2.45, 2.75) is 38.2 Å².